The molecule has 0 aliphatic carbocycles. The Labute approximate surface area is 116 Å². The minimum atomic E-state index is -0.788. The largest absolute Gasteiger partial charge is 0.504 e. The highest BCUT2D eigenvalue weighted by Crippen LogP contribution is 2.29. The van der Waals surface area contributed by atoms with Gasteiger partial charge in [-0.1, -0.05) is 23.8 Å². The van der Waals surface area contributed by atoms with Crippen LogP contribution in [0.1, 0.15) is 17.2 Å². The van der Waals surface area contributed by atoms with E-state index in [1.165, 1.54) is 18.2 Å². The average Bonchev–Trinajstić information content (AvgIpc) is 2.41. The first-order chi connectivity index (χ1) is 9.47. The first-order valence-electron chi connectivity index (χ1n) is 6.12. The van der Waals surface area contributed by atoms with Gasteiger partial charge < -0.3 is 21.3 Å². The summed E-state index contributed by atoms with van der Waals surface area (Å²) in [5.74, 6) is -1.11. The molecule has 0 aromatic heterocycles. The maximum atomic E-state index is 11.6. The topological polar surface area (TPSA) is 95.6 Å². The first-order valence-corrected chi connectivity index (χ1v) is 6.12. The Morgan fingerprint density at radius 3 is 2.30 bits per heavy atom. The Morgan fingerprint density at radius 1 is 1.10 bits per heavy atom. The Kier molecular flexibility index (Phi) is 3.79. The van der Waals surface area contributed by atoms with Crippen LogP contribution < -0.4 is 11.1 Å². The number of rotatable bonds is 4. The van der Waals surface area contributed by atoms with E-state index in [2.05, 4.69) is 5.32 Å². The van der Waals surface area contributed by atoms with Crippen LogP contribution in [0.25, 0.3) is 0 Å². The van der Waals surface area contributed by atoms with Gasteiger partial charge in [-0.3, -0.25) is 4.79 Å². The fourth-order valence-corrected chi connectivity index (χ4v) is 1.86. The number of nitrogens with two attached hydrogens (primary N) is 1. The number of phenolic OH excluding ortho intramolecular Hbond substituents is 2. The van der Waals surface area contributed by atoms with Crippen molar-refractivity contribution in [2.75, 3.05) is 5.32 Å². The Morgan fingerprint density at radius 2 is 1.75 bits per heavy atom. The van der Waals surface area contributed by atoms with Gasteiger partial charge >= 0.3 is 0 Å². The summed E-state index contributed by atoms with van der Waals surface area (Å²) >= 11 is 0. The summed E-state index contributed by atoms with van der Waals surface area (Å²) in [7, 11) is 0. The van der Waals surface area contributed by atoms with Crippen molar-refractivity contribution < 1.29 is 15.0 Å². The molecular weight excluding hydrogens is 256 g/mol. The molecule has 0 fully saturated rings. The molecular formula is C15H16N2O3. The van der Waals surface area contributed by atoms with Gasteiger partial charge in [-0.2, -0.15) is 0 Å². The molecule has 0 aliphatic heterocycles. The monoisotopic (exact) mass is 272 g/mol. The van der Waals surface area contributed by atoms with Gasteiger partial charge in [0.1, 0.15) is 6.04 Å². The van der Waals surface area contributed by atoms with E-state index in [0.29, 0.717) is 5.56 Å². The van der Waals surface area contributed by atoms with Crippen molar-refractivity contribution in [2.24, 2.45) is 5.73 Å². The number of nitrogens with one attached hydrogen (secondary N) is 1. The molecule has 0 saturated heterocycles. The van der Waals surface area contributed by atoms with Gasteiger partial charge in [-0.05, 0) is 36.8 Å². The van der Waals surface area contributed by atoms with Crippen molar-refractivity contribution in [2.45, 2.75) is 13.0 Å². The smallest absolute Gasteiger partial charge is 0.244 e. The molecule has 0 saturated carbocycles. The van der Waals surface area contributed by atoms with Crippen LogP contribution >= 0.6 is 0 Å². The van der Waals surface area contributed by atoms with Gasteiger partial charge in [-0.25, -0.2) is 0 Å². The van der Waals surface area contributed by atoms with E-state index in [4.69, 9.17) is 5.73 Å². The fraction of sp³-hybridized carbons (Fsp3) is 0.133. The molecule has 0 spiro atoms. The molecule has 2 rings (SSSR count). The molecule has 1 amide bonds. The normalized spacial score (nSPS) is 11.8. The van der Waals surface area contributed by atoms with E-state index in [-0.39, 0.29) is 11.5 Å². The lowest BCUT2D eigenvalue weighted by molar-refractivity contribution is -0.118. The molecule has 0 radical (unpaired) electrons. The quantitative estimate of drug-likeness (QED) is 0.640. The maximum Gasteiger partial charge on any atom is 0.244 e. The molecule has 104 valence electrons. The number of hydrogen-bond donors (Lipinski definition) is 4. The van der Waals surface area contributed by atoms with Crippen LogP contribution in [0.2, 0.25) is 0 Å². The molecule has 20 heavy (non-hydrogen) atoms. The van der Waals surface area contributed by atoms with Crippen LogP contribution in [0, 0.1) is 6.92 Å². The van der Waals surface area contributed by atoms with Crippen LogP contribution in [0.4, 0.5) is 5.69 Å². The summed E-state index contributed by atoms with van der Waals surface area (Å²) in [6.07, 6.45) is 0. The van der Waals surface area contributed by atoms with Crippen molar-refractivity contribution in [1.29, 1.82) is 0 Å². The third kappa shape index (κ3) is 3.00. The summed E-state index contributed by atoms with van der Waals surface area (Å²) in [4.78, 5) is 11.6. The third-order valence-electron chi connectivity index (χ3n) is 2.98. The minimum absolute atomic E-state index is 0.243. The zero-order chi connectivity index (χ0) is 14.7. The number of carbonyl (C=O) groups excluding carboxylic acids is 1. The number of benzene rings is 2. The van der Waals surface area contributed by atoms with E-state index in [0.717, 1.165) is 11.3 Å². The zero-order valence-electron chi connectivity index (χ0n) is 11.0. The highest BCUT2D eigenvalue weighted by molar-refractivity contribution is 5.84. The van der Waals surface area contributed by atoms with Crippen molar-refractivity contribution in [1.82, 2.24) is 0 Å². The van der Waals surface area contributed by atoms with Crippen LogP contribution in [0.15, 0.2) is 42.5 Å². The molecule has 5 N–H and O–H groups in total. The van der Waals surface area contributed by atoms with Crippen LogP contribution in [-0.2, 0) is 4.79 Å². The number of anilines is 1. The van der Waals surface area contributed by atoms with Gasteiger partial charge in [0.15, 0.2) is 11.5 Å². The molecule has 0 bridgehead atoms. The number of primary amides is 1. The third-order valence-corrected chi connectivity index (χ3v) is 2.98. The second kappa shape index (κ2) is 5.52. The first kappa shape index (κ1) is 13.7. The summed E-state index contributed by atoms with van der Waals surface area (Å²) < 4.78 is 0. The van der Waals surface area contributed by atoms with Crippen molar-refractivity contribution in [3.63, 3.8) is 0 Å². The van der Waals surface area contributed by atoms with Crippen molar-refractivity contribution >= 4 is 11.6 Å². The van der Waals surface area contributed by atoms with Crippen LogP contribution in [0.3, 0.4) is 0 Å². The van der Waals surface area contributed by atoms with Crippen LogP contribution in [0.5, 0.6) is 11.5 Å². The van der Waals surface area contributed by atoms with Crippen LogP contribution in [-0.4, -0.2) is 16.1 Å². The molecule has 1 atom stereocenters. The second-order valence-electron chi connectivity index (χ2n) is 4.59. The number of carbonyl (C=O) groups is 1. The maximum absolute atomic E-state index is 11.6. The summed E-state index contributed by atoms with van der Waals surface area (Å²) in [6.45, 7) is 1.97. The number of amides is 1. The minimum Gasteiger partial charge on any atom is -0.504 e. The Hall–Kier alpha value is -2.69. The van der Waals surface area contributed by atoms with E-state index in [1.54, 1.807) is 0 Å². The molecule has 2 aromatic rings. The van der Waals surface area contributed by atoms with Gasteiger partial charge in [0.2, 0.25) is 5.91 Å². The molecule has 2 aromatic carbocycles. The highest BCUT2D eigenvalue weighted by Gasteiger charge is 2.18. The van der Waals surface area contributed by atoms with Gasteiger partial charge in [-0.15, -0.1) is 0 Å². The highest BCUT2D eigenvalue weighted by atomic mass is 16.3. The fourth-order valence-electron chi connectivity index (χ4n) is 1.86. The average molecular weight is 272 g/mol. The van der Waals surface area contributed by atoms with E-state index >= 15 is 0 Å². The van der Waals surface area contributed by atoms with Crippen molar-refractivity contribution in [3.8, 4) is 11.5 Å². The summed E-state index contributed by atoms with van der Waals surface area (Å²) in [6, 6.07) is 10.9. The lowest BCUT2D eigenvalue weighted by Gasteiger charge is -2.17. The number of aromatic hydroxyl groups is 2. The predicted octanol–water partition coefficient (Wildman–Crippen LogP) is 2.04. The Balaban J connectivity index is 2.29. The molecule has 5 heteroatoms. The van der Waals surface area contributed by atoms with Crippen molar-refractivity contribution in [3.05, 3.63) is 53.6 Å². The number of hydrogen-bond acceptors (Lipinski definition) is 4. The number of aryl methyl sites for hydroxylation is 1. The molecule has 1 unspecified atom stereocenters. The lowest BCUT2D eigenvalue weighted by Crippen LogP contribution is -2.27. The predicted molar refractivity (Wildman–Crippen MR) is 76.5 cm³/mol. The van der Waals surface area contributed by atoms with E-state index in [1.807, 2.05) is 31.2 Å². The van der Waals surface area contributed by atoms with Gasteiger partial charge in [0.05, 0.1) is 0 Å². The molecule has 5 nitrogen and oxygen atoms in total. The zero-order valence-corrected chi connectivity index (χ0v) is 11.0. The Bertz CT molecular complexity index is 624. The SMILES string of the molecule is Cc1ccc(NC(C(N)=O)c2ccc(O)c(O)c2)cc1. The second-order valence-corrected chi connectivity index (χ2v) is 4.59. The standard InChI is InChI=1S/C15H16N2O3/c1-9-2-5-11(6-3-9)17-14(15(16)20)10-4-7-12(18)13(19)8-10/h2-8,14,17-19H,1H3,(H2,16,20). The van der Waals surface area contributed by atoms with E-state index < -0.39 is 11.9 Å². The molecule has 0 aliphatic rings. The summed E-state index contributed by atoms with van der Waals surface area (Å²) in [5, 5.41) is 21.8. The lowest BCUT2D eigenvalue weighted by atomic mass is 10.0. The summed E-state index contributed by atoms with van der Waals surface area (Å²) in [5.41, 5.74) is 7.72. The molecule has 0 heterocycles. The number of phenols is 2. The van der Waals surface area contributed by atoms with Gasteiger partial charge in [0, 0.05) is 5.69 Å². The van der Waals surface area contributed by atoms with E-state index in [9.17, 15) is 15.0 Å². The van der Waals surface area contributed by atoms with Gasteiger partial charge in [0.25, 0.3) is 0 Å².